The van der Waals surface area contributed by atoms with Crippen LogP contribution in [0.2, 0.25) is 0 Å². The molecule has 0 saturated heterocycles. The maximum absolute atomic E-state index is 11.6. The molecule has 6 heteroatoms. The summed E-state index contributed by atoms with van der Waals surface area (Å²) < 4.78 is 0. The van der Waals surface area contributed by atoms with Gasteiger partial charge in [-0.05, 0) is 37.5 Å². The van der Waals surface area contributed by atoms with E-state index in [0.29, 0.717) is 11.9 Å². The molecule has 0 radical (unpaired) electrons. The smallest absolute Gasteiger partial charge is 0.322 e. The van der Waals surface area contributed by atoms with Crippen LogP contribution >= 0.6 is 0 Å². The molecule has 0 aliphatic heterocycles. The van der Waals surface area contributed by atoms with E-state index >= 15 is 0 Å². The fourth-order valence-electron chi connectivity index (χ4n) is 1.99. The molecular formula is C15H20N5O+. The Morgan fingerprint density at radius 2 is 2.24 bits per heavy atom. The summed E-state index contributed by atoms with van der Waals surface area (Å²) in [5, 5.41) is 3.02. The summed E-state index contributed by atoms with van der Waals surface area (Å²) in [5.41, 5.74) is 8.44. The molecule has 21 heavy (non-hydrogen) atoms. The maximum Gasteiger partial charge on any atom is 0.325 e. The van der Waals surface area contributed by atoms with Gasteiger partial charge in [-0.2, -0.15) is 0 Å². The number of anilines is 1. The van der Waals surface area contributed by atoms with E-state index in [1.54, 1.807) is 0 Å². The third-order valence-electron chi connectivity index (χ3n) is 2.85. The summed E-state index contributed by atoms with van der Waals surface area (Å²) in [5.74, 6) is 0.640. The Morgan fingerprint density at radius 3 is 2.95 bits per heavy atom. The van der Waals surface area contributed by atoms with Crippen molar-refractivity contribution in [2.24, 2.45) is 5.73 Å². The van der Waals surface area contributed by atoms with Gasteiger partial charge in [0.1, 0.15) is 0 Å². The lowest BCUT2D eigenvalue weighted by molar-refractivity contribution is -0.365. The van der Waals surface area contributed by atoms with Crippen molar-refractivity contribution in [1.29, 1.82) is 0 Å². The summed E-state index contributed by atoms with van der Waals surface area (Å²) in [6.07, 6.45) is 1.68. The number of nitrogens with one attached hydrogen (secondary N) is 3. The predicted molar refractivity (Wildman–Crippen MR) is 83.5 cm³/mol. The molecule has 110 valence electrons. The van der Waals surface area contributed by atoms with Crippen LogP contribution < -0.4 is 21.6 Å². The number of hydrogen-bond donors (Lipinski definition) is 4. The number of nitrogens with zero attached hydrogens (tertiary/aromatic N) is 1. The summed E-state index contributed by atoms with van der Waals surface area (Å²) in [4.78, 5) is 21.4. The molecular weight excluding hydrogens is 266 g/mol. The molecule has 1 heterocycles. The van der Waals surface area contributed by atoms with Gasteiger partial charge in [0.15, 0.2) is 0 Å². The van der Waals surface area contributed by atoms with Crippen LogP contribution in [0.15, 0.2) is 35.1 Å². The highest BCUT2D eigenvalue weighted by molar-refractivity contribution is 5.88. The first-order valence-corrected chi connectivity index (χ1v) is 6.90. The molecule has 0 bridgehead atoms. The second kappa shape index (κ2) is 6.69. The van der Waals surface area contributed by atoms with Crippen LogP contribution in [0, 0.1) is 6.92 Å². The van der Waals surface area contributed by atoms with Crippen LogP contribution in [0.5, 0.6) is 0 Å². The average Bonchev–Trinajstić information content (AvgIpc) is 2.37. The van der Waals surface area contributed by atoms with Gasteiger partial charge in [0.2, 0.25) is 0 Å². The van der Waals surface area contributed by atoms with E-state index in [4.69, 9.17) is 5.73 Å². The van der Waals surface area contributed by atoms with E-state index < -0.39 is 0 Å². The van der Waals surface area contributed by atoms with Gasteiger partial charge in [0.25, 0.3) is 11.5 Å². The monoisotopic (exact) mass is 286 g/mol. The van der Waals surface area contributed by atoms with Crippen LogP contribution in [0.3, 0.4) is 0 Å². The van der Waals surface area contributed by atoms with E-state index in [0.717, 1.165) is 29.8 Å². The van der Waals surface area contributed by atoms with Gasteiger partial charge >= 0.3 is 5.95 Å². The number of hydrogen-bond acceptors (Lipinski definition) is 2. The lowest BCUT2D eigenvalue weighted by Crippen LogP contribution is -2.73. The van der Waals surface area contributed by atoms with Crippen molar-refractivity contribution >= 4 is 17.6 Å². The number of aromatic nitrogens is 2. The van der Waals surface area contributed by atoms with Crippen molar-refractivity contribution in [1.82, 2.24) is 9.97 Å². The molecule has 6 nitrogen and oxygen atoms in total. The van der Waals surface area contributed by atoms with Crippen molar-refractivity contribution in [2.75, 3.05) is 5.32 Å². The molecule has 5 N–H and O–H groups in total. The zero-order chi connectivity index (χ0) is 15.2. The minimum Gasteiger partial charge on any atom is -0.322 e. The highest BCUT2D eigenvalue weighted by Gasteiger charge is 2.06. The van der Waals surface area contributed by atoms with E-state index in [1.807, 2.05) is 38.1 Å². The Balaban J connectivity index is 2.20. The molecule has 1 aromatic heterocycles. The number of nitrogens with two attached hydrogens (primary N) is 1. The molecule has 0 amide bonds. The van der Waals surface area contributed by atoms with Gasteiger partial charge in [-0.3, -0.25) is 10.1 Å². The van der Waals surface area contributed by atoms with Gasteiger partial charge in [0.05, 0.1) is 11.4 Å². The molecule has 0 aliphatic carbocycles. The zero-order valence-electron chi connectivity index (χ0n) is 12.2. The van der Waals surface area contributed by atoms with Crippen LogP contribution in [0.4, 0.5) is 11.6 Å². The van der Waals surface area contributed by atoms with Gasteiger partial charge in [0, 0.05) is 6.07 Å². The van der Waals surface area contributed by atoms with Crippen LogP contribution in [-0.2, 0) is 6.42 Å². The molecule has 0 fully saturated rings. The second-order valence-corrected chi connectivity index (χ2v) is 4.87. The van der Waals surface area contributed by atoms with Gasteiger partial charge in [-0.15, -0.1) is 4.98 Å². The quantitative estimate of drug-likeness (QED) is 0.476. The molecule has 0 unspecified atom stereocenters. The van der Waals surface area contributed by atoms with Crippen molar-refractivity contribution in [3.63, 3.8) is 0 Å². The topological polar surface area (TPSA) is 97.8 Å². The van der Waals surface area contributed by atoms with Crippen LogP contribution in [0.1, 0.15) is 24.6 Å². The maximum atomic E-state index is 11.6. The van der Waals surface area contributed by atoms with E-state index in [-0.39, 0.29) is 5.56 Å². The first-order chi connectivity index (χ1) is 10.1. The molecule has 0 aliphatic rings. The number of aromatic amines is 1. The van der Waals surface area contributed by atoms with Crippen molar-refractivity contribution in [3.05, 3.63) is 51.9 Å². The van der Waals surface area contributed by atoms with Gasteiger partial charge in [-0.25, -0.2) is 9.98 Å². The third kappa shape index (κ3) is 4.45. The number of benzene rings is 1. The highest BCUT2D eigenvalue weighted by Crippen LogP contribution is 2.08. The van der Waals surface area contributed by atoms with Crippen molar-refractivity contribution < 1.29 is 4.99 Å². The van der Waals surface area contributed by atoms with E-state index in [1.165, 1.54) is 6.07 Å². The largest absolute Gasteiger partial charge is 0.325 e. The summed E-state index contributed by atoms with van der Waals surface area (Å²) >= 11 is 0. The SMILES string of the molecule is CCCc1cc(=O)[nH]c([NH+]=C(N)Nc2cccc(C)c2)n1. The number of guanidine groups is 1. The summed E-state index contributed by atoms with van der Waals surface area (Å²) in [6.45, 7) is 4.04. The summed E-state index contributed by atoms with van der Waals surface area (Å²) in [6, 6.07) is 9.32. The van der Waals surface area contributed by atoms with Crippen LogP contribution in [0.25, 0.3) is 0 Å². The normalized spacial score (nSPS) is 11.4. The Bertz CT molecular complexity index is 705. The minimum atomic E-state index is -0.195. The fraction of sp³-hybridized carbons (Fsp3) is 0.267. The Morgan fingerprint density at radius 1 is 1.43 bits per heavy atom. The van der Waals surface area contributed by atoms with Crippen molar-refractivity contribution in [2.45, 2.75) is 26.7 Å². The number of aryl methyl sites for hydroxylation is 2. The lowest BCUT2D eigenvalue weighted by atomic mass is 10.2. The Kier molecular flexibility index (Phi) is 4.71. The molecule has 2 rings (SSSR count). The molecule has 0 saturated carbocycles. The third-order valence-corrected chi connectivity index (χ3v) is 2.85. The van der Waals surface area contributed by atoms with Gasteiger partial charge < -0.3 is 5.73 Å². The number of H-pyrrole nitrogens is 1. The molecule has 0 spiro atoms. The van der Waals surface area contributed by atoms with Crippen molar-refractivity contribution in [3.8, 4) is 0 Å². The fourth-order valence-corrected chi connectivity index (χ4v) is 1.99. The molecule has 1 aromatic carbocycles. The van der Waals surface area contributed by atoms with Gasteiger partial charge in [-0.1, -0.05) is 19.1 Å². The predicted octanol–water partition coefficient (Wildman–Crippen LogP) is 0.170. The van der Waals surface area contributed by atoms with E-state index in [9.17, 15) is 4.79 Å². The lowest BCUT2D eigenvalue weighted by Gasteiger charge is -2.02. The molecule has 0 atom stereocenters. The van der Waals surface area contributed by atoms with Crippen LogP contribution in [-0.4, -0.2) is 15.9 Å². The standard InChI is InChI=1S/C15H19N5O/c1-3-5-11-9-13(21)19-15(18-11)20-14(16)17-12-7-4-6-10(2)8-12/h4,6-9H,3,5H2,1-2H3,(H4,16,17,18,19,20,21)/p+1. The molecule has 2 aromatic rings. The second-order valence-electron chi connectivity index (χ2n) is 4.87. The highest BCUT2D eigenvalue weighted by atomic mass is 16.1. The number of rotatable bonds is 4. The zero-order valence-corrected chi connectivity index (χ0v) is 12.2. The Labute approximate surface area is 123 Å². The minimum absolute atomic E-state index is 0.195. The summed E-state index contributed by atoms with van der Waals surface area (Å²) in [7, 11) is 0. The first-order valence-electron chi connectivity index (χ1n) is 6.90. The first kappa shape index (κ1) is 14.8. The Hall–Kier alpha value is -2.63. The average molecular weight is 286 g/mol. The van der Waals surface area contributed by atoms with E-state index in [2.05, 4.69) is 20.3 Å².